The quantitative estimate of drug-likeness (QED) is 0.876. The number of nitrogens with two attached hydrogens (primary N) is 1. The van der Waals surface area contributed by atoms with Crippen molar-refractivity contribution in [2.75, 3.05) is 20.8 Å². The molecule has 0 saturated heterocycles. The summed E-state index contributed by atoms with van der Waals surface area (Å²) in [5.74, 6) is 1.54. The minimum absolute atomic E-state index is 0.117. The number of hydrogen-bond donors (Lipinski definition) is 2. The molecule has 0 aliphatic rings. The molecule has 1 atom stereocenters. The van der Waals surface area contributed by atoms with Gasteiger partial charge in [0.05, 0.1) is 26.9 Å². The minimum atomic E-state index is -0.448. The summed E-state index contributed by atoms with van der Waals surface area (Å²) in [5.41, 5.74) is 7.80. The zero-order valence-corrected chi connectivity index (χ0v) is 12.7. The molecular formula is C13H20BrNO3. The Balaban J connectivity index is 3.59. The zero-order valence-electron chi connectivity index (χ0n) is 11.2. The number of aliphatic hydroxyl groups is 1. The van der Waals surface area contributed by atoms with E-state index < -0.39 is 6.04 Å². The Morgan fingerprint density at radius 2 is 1.89 bits per heavy atom. The molecule has 0 amide bonds. The highest BCUT2D eigenvalue weighted by atomic mass is 79.9. The third-order valence-electron chi connectivity index (χ3n) is 2.84. The summed E-state index contributed by atoms with van der Waals surface area (Å²) < 4.78 is 11.6. The predicted molar refractivity (Wildman–Crippen MR) is 75.3 cm³/mol. The van der Waals surface area contributed by atoms with Crippen molar-refractivity contribution in [1.82, 2.24) is 0 Å². The van der Waals surface area contributed by atoms with Crippen molar-refractivity contribution in [2.24, 2.45) is 5.73 Å². The fourth-order valence-electron chi connectivity index (χ4n) is 2.05. The maximum Gasteiger partial charge on any atom is 0.164 e. The van der Waals surface area contributed by atoms with Gasteiger partial charge in [-0.2, -0.15) is 0 Å². The van der Waals surface area contributed by atoms with Crippen LogP contribution >= 0.6 is 15.9 Å². The molecule has 3 N–H and O–H groups in total. The van der Waals surface area contributed by atoms with Crippen molar-refractivity contribution in [3.8, 4) is 11.5 Å². The van der Waals surface area contributed by atoms with E-state index in [4.69, 9.17) is 15.2 Å². The van der Waals surface area contributed by atoms with Crippen LogP contribution in [0.4, 0.5) is 0 Å². The third kappa shape index (κ3) is 2.79. The van der Waals surface area contributed by atoms with Crippen LogP contribution in [0.1, 0.15) is 36.9 Å². The maximum atomic E-state index is 9.29. The lowest BCUT2D eigenvalue weighted by molar-refractivity contribution is 0.266. The van der Waals surface area contributed by atoms with Crippen LogP contribution < -0.4 is 15.2 Å². The van der Waals surface area contributed by atoms with Crippen molar-refractivity contribution in [2.45, 2.75) is 25.8 Å². The average Bonchev–Trinajstić information content (AvgIpc) is 2.36. The second-order valence-corrected chi connectivity index (χ2v) is 5.22. The van der Waals surface area contributed by atoms with Crippen molar-refractivity contribution in [3.63, 3.8) is 0 Å². The van der Waals surface area contributed by atoms with E-state index >= 15 is 0 Å². The lowest BCUT2D eigenvalue weighted by Gasteiger charge is -2.23. The highest BCUT2D eigenvalue weighted by molar-refractivity contribution is 9.10. The molecule has 1 rings (SSSR count). The highest BCUT2D eigenvalue weighted by Crippen LogP contribution is 2.43. The summed E-state index contributed by atoms with van der Waals surface area (Å²) in [6, 6.07) is 1.37. The van der Waals surface area contributed by atoms with Crippen molar-refractivity contribution in [1.29, 1.82) is 0 Å². The molecule has 102 valence electrons. The van der Waals surface area contributed by atoms with Crippen LogP contribution in [-0.2, 0) is 0 Å². The molecule has 0 aliphatic heterocycles. The van der Waals surface area contributed by atoms with Gasteiger partial charge in [0.1, 0.15) is 0 Å². The standard InChI is InChI=1S/C13H20BrNO3/c1-7(2)11-12(9(15)6-16)8(14)5-10(17-3)13(11)18-4/h5,7,9,16H,6,15H2,1-4H3. The van der Waals surface area contributed by atoms with Gasteiger partial charge in [-0.25, -0.2) is 0 Å². The van der Waals surface area contributed by atoms with Gasteiger partial charge in [-0.15, -0.1) is 0 Å². The molecular weight excluding hydrogens is 298 g/mol. The van der Waals surface area contributed by atoms with Gasteiger partial charge in [0, 0.05) is 10.0 Å². The molecule has 1 aromatic carbocycles. The van der Waals surface area contributed by atoms with Gasteiger partial charge in [-0.3, -0.25) is 0 Å². The van der Waals surface area contributed by atoms with Crippen molar-refractivity contribution >= 4 is 15.9 Å². The Hall–Kier alpha value is -0.780. The molecule has 0 spiro atoms. The van der Waals surface area contributed by atoms with Crippen LogP contribution in [0.25, 0.3) is 0 Å². The van der Waals surface area contributed by atoms with E-state index in [2.05, 4.69) is 29.8 Å². The summed E-state index contributed by atoms with van der Waals surface area (Å²) in [6.07, 6.45) is 0. The van der Waals surface area contributed by atoms with Gasteiger partial charge in [0.15, 0.2) is 11.5 Å². The molecule has 0 aliphatic carbocycles. The number of ether oxygens (including phenoxy) is 2. The van der Waals surface area contributed by atoms with Gasteiger partial charge in [-0.05, 0) is 17.5 Å². The first-order valence-electron chi connectivity index (χ1n) is 5.78. The van der Waals surface area contributed by atoms with Gasteiger partial charge in [0.2, 0.25) is 0 Å². The first-order valence-corrected chi connectivity index (χ1v) is 6.57. The molecule has 5 heteroatoms. The van der Waals surface area contributed by atoms with E-state index in [0.717, 1.165) is 15.6 Å². The first kappa shape index (κ1) is 15.3. The third-order valence-corrected chi connectivity index (χ3v) is 3.50. The highest BCUT2D eigenvalue weighted by Gasteiger charge is 2.24. The average molecular weight is 318 g/mol. The summed E-state index contributed by atoms with van der Waals surface area (Å²) in [4.78, 5) is 0. The zero-order chi connectivity index (χ0) is 13.9. The smallest absolute Gasteiger partial charge is 0.164 e. The second kappa shape index (κ2) is 6.41. The van der Waals surface area contributed by atoms with Crippen LogP contribution in [0, 0.1) is 0 Å². The number of methoxy groups -OCH3 is 2. The van der Waals surface area contributed by atoms with Crippen LogP contribution in [-0.4, -0.2) is 25.9 Å². The molecule has 1 aromatic rings. The van der Waals surface area contributed by atoms with Gasteiger partial charge < -0.3 is 20.3 Å². The van der Waals surface area contributed by atoms with Crippen molar-refractivity contribution in [3.05, 3.63) is 21.7 Å². The normalized spacial score (nSPS) is 12.7. The Kier molecular flexibility index (Phi) is 5.44. The Morgan fingerprint density at radius 1 is 1.28 bits per heavy atom. The SMILES string of the molecule is COc1cc(Br)c(C(N)CO)c(C(C)C)c1OC. The Labute approximate surface area is 116 Å². The minimum Gasteiger partial charge on any atom is -0.493 e. The molecule has 0 fully saturated rings. The van der Waals surface area contributed by atoms with E-state index in [1.807, 2.05) is 6.07 Å². The maximum absolute atomic E-state index is 9.29. The topological polar surface area (TPSA) is 64.7 Å². The van der Waals surface area contributed by atoms with Crippen LogP contribution in [0.15, 0.2) is 10.5 Å². The van der Waals surface area contributed by atoms with Gasteiger partial charge in [0.25, 0.3) is 0 Å². The Morgan fingerprint density at radius 3 is 2.28 bits per heavy atom. The van der Waals surface area contributed by atoms with Crippen LogP contribution in [0.3, 0.4) is 0 Å². The van der Waals surface area contributed by atoms with E-state index in [0.29, 0.717) is 11.5 Å². The number of rotatable bonds is 5. The summed E-state index contributed by atoms with van der Waals surface area (Å²) >= 11 is 3.49. The van der Waals surface area contributed by atoms with Crippen molar-refractivity contribution < 1.29 is 14.6 Å². The van der Waals surface area contributed by atoms with Crippen LogP contribution in [0.2, 0.25) is 0 Å². The Bertz CT molecular complexity index is 421. The molecule has 0 aromatic heterocycles. The predicted octanol–water partition coefficient (Wildman–Crippen LogP) is 2.58. The fourth-order valence-corrected chi connectivity index (χ4v) is 2.76. The summed E-state index contributed by atoms with van der Waals surface area (Å²) in [5, 5.41) is 9.29. The van der Waals surface area contributed by atoms with Gasteiger partial charge in [-0.1, -0.05) is 29.8 Å². The van der Waals surface area contributed by atoms with Gasteiger partial charge >= 0.3 is 0 Å². The molecule has 0 radical (unpaired) electrons. The molecule has 4 nitrogen and oxygen atoms in total. The molecule has 0 saturated carbocycles. The molecule has 0 heterocycles. The number of aliphatic hydroxyl groups excluding tert-OH is 1. The van der Waals surface area contributed by atoms with E-state index in [1.165, 1.54) is 0 Å². The lowest BCUT2D eigenvalue weighted by atomic mass is 9.92. The fraction of sp³-hybridized carbons (Fsp3) is 0.538. The molecule has 18 heavy (non-hydrogen) atoms. The van der Waals surface area contributed by atoms with Crippen LogP contribution in [0.5, 0.6) is 11.5 Å². The molecule has 0 bridgehead atoms. The second-order valence-electron chi connectivity index (χ2n) is 4.37. The summed E-state index contributed by atoms with van der Waals surface area (Å²) in [6.45, 7) is 3.99. The van der Waals surface area contributed by atoms with E-state index in [1.54, 1.807) is 14.2 Å². The van der Waals surface area contributed by atoms with E-state index in [9.17, 15) is 5.11 Å². The largest absolute Gasteiger partial charge is 0.493 e. The van der Waals surface area contributed by atoms with E-state index in [-0.39, 0.29) is 12.5 Å². The summed E-state index contributed by atoms with van der Waals surface area (Å²) in [7, 11) is 3.20. The molecule has 1 unspecified atom stereocenters. The number of benzene rings is 1. The number of halogens is 1. The monoisotopic (exact) mass is 317 g/mol. The number of hydrogen-bond acceptors (Lipinski definition) is 4. The first-order chi connectivity index (χ1) is 8.47. The lowest BCUT2D eigenvalue weighted by Crippen LogP contribution is -2.18.